The summed E-state index contributed by atoms with van der Waals surface area (Å²) >= 11 is 0. The fraction of sp³-hybridized carbons (Fsp3) is 0.571. The maximum Gasteiger partial charge on any atom is 0.146 e. The Morgan fingerprint density at radius 1 is 1.39 bits per heavy atom. The van der Waals surface area contributed by atoms with Gasteiger partial charge in [0, 0.05) is 19.1 Å². The van der Waals surface area contributed by atoms with Crippen LogP contribution in [-0.4, -0.2) is 30.8 Å². The first-order chi connectivity index (χ1) is 8.60. The standard InChI is InChI=1S/C14H23FN2O/c1-4-16-10-12-5-6-14(13(15)9-12)17(7-8-18)11(2)3/h5-6,9,11,16,18H,4,7-8,10H2,1-3H3. The smallest absolute Gasteiger partial charge is 0.146 e. The minimum Gasteiger partial charge on any atom is -0.395 e. The van der Waals surface area contributed by atoms with Crippen LogP contribution in [0.3, 0.4) is 0 Å². The van der Waals surface area contributed by atoms with Crippen molar-refractivity contribution in [3.63, 3.8) is 0 Å². The molecule has 0 aromatic heterocycles. The van der Waals surface area contributed by atoms with E-state index in [2.05, 4.69) is 5.32 Å². The summed E-state index contributed by atoms with van der Waals surface area (Å²) in [5.74, 6) is -0.229. The molecular formula is C14H23FN2O. The number of aliphatic hydroxyl groups excluding tert-OH is 1. The highest BCUT2D eigenvalue weighted by molar-refractivity contribution is 5.50. The second-order valence-electron chi connectivity index (χ2n) is 4.58. The normalized spacial score (nSPS) is 11.0. The Hall–Kier alpha value is -1.13. The van der Waals surface area contributed by atoms with E-state index in [4.69, 9.17) is 5.11 Å². The van der Waals surface area contributed by atoms with Crippen LogP contribution in [0.1, 0.15) is 26.3 Å². The van der Waals surface area contributed by atoms with E-state index < -0.39 is 0 Å². The van der Waals surface area contributed by atoms with Crippen molar-refractivity contribution < 1.29 is 9.50 Å². The first-order valence-corrected chi connectivity index (χ1v) is 6.46. The Kier molecular flexibility index (Phi) is 6.09. The van der Waals surface area contributed by atoms with Gasteiger partial charge in [0.25, 0.3) is 0 Å². The molecule has 0 bridgehead atoms. The van der Waals surface area contributed by atoms with Crippen molar-refractivity contribution >= 4 is 5.69 Å². The predicted molar refractivity (Wildman–Crippen MR) is 73.3 cm³/mol. The third kappa shape index (κ3) is 3.96. The Morgan fingerprint density at radius 3 is 2.61 bits per heavy atom. The maximum atomic E-state index is 14.1. The molecule has 102 valence electrons. The summed E-state index contributed by atoms with van der Waals surface area (Å²) in [5, 5.41) is 12.2. The number of hydrogen-bond acceptors (Lipinski definition) is 3. The highest BCUT2D eigenvalue weighted by Gasteiger charge is 2.14. The van der Waals surface area contributed by atoms with Crippen LogP contribution in [0, 0.1) is 5.82 Å². The number of anilines is 1. The van der Waals surface area contributed by atoms with Crippen LogP contribution in [0.25, 0.3) is 0 Å². The molecule has 18 heavy (non-hydrogen) atoms. The van der Waals surface area contributed by atoms with Crippen LogP contribution in [0.5, 0.6) is 0 Å². The molecule has 0 amide bonds. The van der Waals surface area contributed by atoms with E-state index in [1.54, 1.807) is 12.1 Å². The van der Waals surface area contributed by atoms with Gasteiger partial charge in [-0.3, -0.25) is 0 Å². The molecular weight excluding hydrogens is 231 g/mol. The van der Waals surface area contributed by atoms with Crippen LogP contribution in [0.4, 0.5) is 10.1 Å². The molecule has 0 saturated heterocycles. The SMILES string of the molecule is CCNCc1ccc(N(CCO)C(C)C)c(F)c1. The molecule has 1 aromatic rings. The van der Waals surface area contributed by atoms with E-state index in [0.29, 0.717) is 18.8 Å². The van der Waals surface area contributed by atoms with Crippen molar-refractivity contribution in [2.75, 3.05) is 24.6 Å². The largest absolute Gasteiger partial charge is 0.395 e. The maximum absolute atomic E-state index is 14.1. The lowest BCUT2D eigenvalue weighted by molar-refractivity contribution is 0.298. The summed E-state index contributed by atoms with van der Waals surface area (Å²) in [7, 11) is 0. The van der Waals surface area contributed by atoms with E-state index in [1.807, 2.05) is 31.7 Å². The molecule has 0 heterocycles. The van der Waals surface area contributed by atoms with Gasteiger partial charge in [-0.05, 0) is 38.1 Å². The molecule has 0 fully saturated rings. The second-order valence-corrected chi connectivity index (χ2v) is 4.58. The van der Waals surface area contributed by atoms with Crippen LogP contribution in [0.15, 0.2) is 18.2 Å². The molecule has 1 rings (SSSR count). The number of hydrogen-bond donors (Lipinski definition) is 2. The lowest BCUT2D eigenvalue weighted by atomic mass is 10.1. The van der Waals surface area contributed by atoms with Gasteiger partial charge >= 0.3 is 0 Å². The third-order valence-electron chi connectivity index (χ3n) is 2.86. The average molecular weight is 254 g/mol. The number of nitrogens with zero attached hydrogens (tertiary/aromatic N) is 1. The number of aliphatic hydroxyl groups is 1. The molecule has 0 radical (unpaired) electrons. The second kappa shape index (κ2) is 7.34. The van der Waals surface area contributed by atoms with Gasteiger partial charge in [0.2, 0.25) is 0 Å². The minimum atomic E-state index is -0.229. The van der Waals surface area contributed by atoms with Crippen molar-refractivity contribution in [1.82, 2.24) is 5.32 Å². The Labute approximate surface area is 109 Å². The van der Waals surface area contributed by atoms with Crippen molar-refractivity contribution in [1.29, 1.82) is 0 Å². The predicted octanol–water partition coefficient (Wildman–Crippen LogP) is 2.14. The van der Waals surface area contributed by atoms with Gasteiger partial charge in [0.1, 0.15) is 5.82 Å². The molecule has 3 nitrogen and oxygen atoms in total. The Balaban J connectivity index is 2.88. The average Bonchev–Trinajstić information content (AvgIpc) is 2.34. The zero-order chi connectivity index (χ0) is 13.5. The van der Waals surface area contributed by atoms with E-state index in [-0.39, 0.29) is 18.5 Å². The molecule has 0 aliphatic heterocycles. The van der Waals surface area contributed by atoms with Gasteiger partial charge in [-0.15, -0.1) is 0 Å². The van der Waals surface area contributed by atoms with Gasteiger partial charge in [0.05, 0.1) is 12.3 Å². The van der Waals surface area contributed by atoms with E-state index in [1.165, 1.54) is 0 Å². The third-order valence-corrected chi connectivity index (χ3v) is 2.86. The zero-order valence-corrected chi connectivity index (χ0v) is 11.4. The van der Waals surface area contributed by atoms with Crippen molar-refractivity contribution in [2.24, 2.45) is 0 Å². The Bertz CT molecular complexity index is 369. The summed E-state index contributed by atoms with van der Waals surface area (Å²) in [6.45, 7) is 8.01. The van der Waals surface area contributed by atoms with Crippen LogP contribution in [-0.2, 0) is 6.54 Å². The van der Waals surface area contributed by atoms with Crippen LogP contribution in [0.2, 0.25) is 0 Å². The lowest BCUT2D eigenvalue weighted by Crippen LogP contribution is -2.34. The number of benzene rings is 1. The van der Waals surface area contributed by atoms with Gasteiger partial charge in [-0.2, -0.15) is 0 Å². The van der Waals surface area contributed by atoms with Crippen molar-refractivity contribution in [3.8, 4) is 0 Å². The number of halogens is 1. The topological polar surface area (TPSA) is 35.5 Å². The first kappa shape index (κ1) is 14.9. The molecule has 0 spiro atoms. The van der Waals surface area contributed by atoms with Crippen LogP contribution >= 0.6 is 0 Å². The fourth-order valence-electron chi connectivity index (χ4n) is 1.93. The summed E-state index contributed by atoms with van der Waals surface area (Å²) < 4.78 is 14.1. The summed E-state index contributed by atoms with van der Waals surface area (Å²) in [4.78, 5) is 1.87. The highest BCUT2D eigenvalue weighted by atomic mass is 19.1. The van der Waals surface area contributed by atoms with Gasteiger partial charge in [-0.1, -0.05) is 13.0 Å². The van der Waals surface area contributed by atoms with Crippen molar-refractivity contribution in [3.05, 3.63) is 29.6 Å². The summed E-state index contributed by atoms with van der Waals surface area (Å²) in [6, 6.07) is 5.43. The van der Waals surface area contributed by atoms with Crippen LogP contribution < -0.4 is 10.2 Å². The van der Waals surface area contributed by atoms with E-state index in [9.17, 15) is 4.39 Å². The molecule has 0 aliphatic carbocycles. The molecule has 0 saturated carbocycles. The monoisotopic (exact) mass is 254 g/mol. The van der Waals surface area contributed by atoms with Gasteiger partial charge in [0.15, 0.2) is 0 Å². The zero-order valence-electron chi connectivity index (χ0n) is 11.4. The van der Waals surface area contributed by atoms with E-state index >= 15 is 0 Å². The molecule has 2 N–H and O–H groups in total. The summed E-state index contributed by atoms with van der Waals surface area (Å²) in [6.07, 6.45) is 0. The van der Waals surface area contributed by atoms with E-state index in [0.717, 1.165) is 12.1 Å². The van der Waals surface area contributed by atoms with Gasteiger partial charge < -0.3 is 15.3 Å². The molecule has 0 aliphatic rings. The molecule has 1 aromatic carbocycles. The quantitative estimate of drug-likeness (QED) is 0.782. The fourth-order valence-corrected chi connectivity index (χ4v) is 1.93. The Morgan fingerprint density at radius 2 is 2.11 bits per heavy atom. The number of nitrogens with one attached hydrogen (secondary N) is 1. The number of rotatable bonds is 7. The van der Waals surface area contributed by atoms with Crippen molar-refractivity contribution in [2.45, 2.75) is 33.4 Å². The molecule has 4 heteroatoms. The first-order valence-electron chi connectivity index (χ1n) is 6.46. The summed E-state index contributed by atoms with van der Waals surface area (Å²) in [5.41, 5.74) is 1.49. The highest BCUT2D eigenvalue weighted by Crippen LogP contribution is 2.22. The van der Waals surface area contributed by atoms with Gasteiger partial charge in [-0.25, -0.2) is 4.39 Å². The molecule has 0 atom stereocenters. The minimum absolute atomic E-state index is 0.0246. The lowest BCUT2D eigenvalue weighted by Gasteiger charge is -2.28. The molecule has 0 unspecified atom stereocenters.